The highest BCUT2D eigenvalue weighted by molar-refractivity contribution is 6.30. The summed E-state index contributed by atoms with van der Waals surface area (Å²) in [6.07, 6.45) is 0.886. The molecule has 0 amide bonds. The van der Waals surface area contributed by atoms with E-state index in [-0.39, 0.29) is 0 Å². The zero-order valence-corrected chi connectivity index (χ0v) is 12.0. The van der Waals surface area contributed by atoms with Crippen LogP contribution in [-0.2, 0) is 6.42 Å². The third-order valence-electron chi connectivity index (χ3n) is 3.04. The lowest BCUT2D eigenvalue weighted by Crippen LogP contribution is -2.03. The Morgan fingerprint density at radius 3 is 2.47 bits per heavy atom. The van der Waals surface area contributed by atoms with Crippen LogP contribution in [0.15, 0.2) is 36.4 Å². The van der Waals surface area contributed by atoms with Gasteiger partial charge in [-0.15, -0.1) is 0 Å². The van der Waals surface area contributed by atoms with Crippen molar-refractivity contribution in [2.75, 3.05) is 6.54 Å². The fourth-order valence-electron chi connectivity index (χ4n) is 1.95. The molecule has 0 aliphatic rings. The molecular weight excluding hydrogens is 258 g/mol. The Kier molecular flexibility index (Phi) is 4.46. The molecule has 0 unspecified atom stereocenters. The summed E-state index contributed by atoms with van der Waals surface area (Å²) in [6.45, 7) is 4.70. The summed E-state index contributed by atoms with van der Waals surface area (Å²) in [5.41, 5.74) is 8.96. The van der Waals surface area contributed by atoms with E-state index in [0.29, 0.717) is 11.6 Å². The summed E-state index contributed by atoms with van der Waals surface area (Å²) in [5, 5.41) is 0.679. The van der Waals surface area contributed by atoms with Crippen LogP contribution in [0, 0.1) is 13.8 Å². The Labute approximate surface area is 119 Å². The van der Waals surface area contributed by atoms with Crippen LogP contribution in [0.5, 0.6) is 11.5 Å². The quantitative estimate of drug-likeness (QED) is 0.905. The molecule has 19 heavy (non-hydrogen) atoms. The molecule has 2 rings (SSSR count). The summed E-state index contributed by atoms with van der Waals surface area (Å²) in [6, 6.07) is 11.8. The highest BCUT2D eigenvalue weighted by Crippen LogP contribution is 2.30. The second kappa shape index (κ2) is 6.09. The molecular formula is C16H18ClNO. The molecule has 2 aromatic rings. The summed E-state index contributed by atoms with van der Waals surface area (Å²) >= 11 is 6.00. The van der Waals surface area contributed by atoms with Crippen LogP contribution in [0.4, 0.5) is 0 Å². The zero-order valence-electron chi connectivity index (χ0n) is 11.2. The summed E-state index contributed by atoms with van der Waals surface area (Å²) < 4.78 is 5.94. The van der Waals surface area contributed by atoms with Gasteiger partial charge in [0, 0.05) is 5.02 Å². The first-order valence-electron chi connectivity index (χ1n) is 6.34. The van der Waals surface area contributed by atoms with Gasteiger partial charge < -0.3 is 10.5 Å². The number of benzene rings is 2. The van der Waals surface area contributed by atoms with Crippen LogP contribution < -0.4 is 10.5 Å². The number of halogens is 1. The van der Waals surface area contributed by atoms with E-state index >= 15 is 0 Å². The number of rotatable bonds is 4. The number of nitrogens with two attached hydrogens (primary N) is 1. The van der Waals surface area contributed by atoms with E-state index in [4.69, 9.17) is 22.1 Å². The molecule has 100 valence electrons. The average Bonchev–Trinajstić information content (AvgIpc) is 2.37. The van der Waals surface area contributed by atoms with Gasteiger partial charge in [0.25, 0.3) is 0 Å². The number of aryl methyl sites for hydroxylation is 2. The molecule has 0 saturated carbocycles. The predicted molar refractivity (Wildman–Crippen MR) is 80.2 cm³/mol. The van der Waals surface area contributed by atoms with Gasteiger partial charge in [-0.05, 0) is 61.7 Å². The first-order chi connectivity index (χ1) is 9.10. The predicted octanol–water partition coefficient (Wildman–Crippen LogP) is 4.25. The molecule has 3 heteroatoms. The second-order valence-corrected chi connectivity index (χ2v) is 5.09. The first kappa shape index (κ1) is 13.9. The van der Waals surface area contributed by atoms with Gasteiger partial charge in [-0.1, -0.05) is 29.8 Å². The summed E-state index contributed by atoms with van der Waals surface area (Å²) in [4.78, 5) is 0. The molecule has 0 bridgehead atoms. The van der Waals surface area contributed by atoms with E-state index in [1.165, 1.54) is 5.56 Å². The summed E-state index contributed by atoms with van der Waals surface area (Å²) in [7, 11) is 0. The minimum Gasteiger partial charge on any atom is -0.457 e. The zero-order chi connectivity index (χ0) is 13.8. The molecule has 0 heterocycles. The lowest BCUT2D eigenvalue weighted by atomic mass is 10.1. The first-order valence-corrected chi connectivity index (χ1v) is 6.71. The van der Waals surface area contributed by atoms with Crippen molar-refractivity contribution < 1.29 is 4.74 Å². The number of hydrogen-bond donors (Lipinski definition) is 1. The molecule has 0 aliphatic carbocycles. The highest BCUT2D eigenvalue weighted by atomic mass is 35.5. The third-order valence-corrected chi connectivity index (χ3v) is 3.28. The highest BCUT2D eigenvalue weighted by Gasteiger charge is 2.06. The average molecular weight is 276 g/mol. The smallest absolute Gasteiger partial charge is 0.131 e. The molecule has 0 aromatic heterocycles. The van der Waals surface area contributed by atoms with Gasteiger partial charge in [-0.25, -0.2) is 0 Å². The lowest BCUT2D eigenvalue weighted by Gasteiger charge is -2.12. The Morgan fingerprint density at radius 1 is 1.00 bits per heavy atom. The van der Waals surface area contributed by atoms with Gasteiger partial charge in [-0.2, -0.15) is 0 Å². The maximum Gasteiger partial charge on any atom is 0.131 e. The van der Waals surface area contributed by atoms with Gasteiger partial charge in [0.1, 0.15) is 11.5 Å². The summed E-state index contributed by atoms with van der Waals surface area (Å²) in [5.74, 6) is 1.65. The normalized spacial score (nSPS) is 10.5. The molecule has 0 fully saturated rings. The van der Waals surface area contributed by atoms with Crippen molar-refractivity contribution in [1.29, 1.82) is 0 Å². The van der Waals surface area contributed by atoms with Crippen LogP contribution in [0.2, 0.25) is 5.02 Å². The minimum absolute atomic E-state index is 0.660. The van der Waals surface area contributed by atoms with Crippen LogP contribution in [0.1, 0.15) is 16.7 Å². The number of hydrogen-bond acceptors (Lipinski definition) is 2. The van der Waals surface area contributed by atoms with Gasteiger partial charge in [-0.3, -0.25) is 0 Å². The van der Waals surface area contributed by atoms with Crippen molar-refractivity contribution in [2.45, 2.75) is 20.3 Å². The molecule has 2 aromatic carbocycles. The van der Waals surface area contributed by atoms with Gasteiger partial charge in [0.2, 0.25) is 0 Å². The Hall–Kier alpha value is -1.51. The van der Waals surface area contributed by atoms with Crippen LogP contribution in [-0.4, -0.2) is 6.54 Å². The van der Waals surface area contributed by atoms with E-state index in [2.05, 4.69) is 12.1 Å². The van der Waals surface area contributed by atoms with Crippen molar-refractivity contribution in [3.05, 3.63) is 58.1 Å². The van der Waals surface area contributed by atoms with Crippen molar-refractivity contribution in [2.24, 2.45) is 5.73 Å². The van der Waals surface area contributed by atoms with E-state index < -0.39 is 0 Å². The largest absolute Gasteiger partial charge is 0.457 e. The van der Waals surface area contributed by atoms with E-state index in [1.54, 1.807) is 0 Å². The van der Waals surface area contributed by atoms with Gasteiger partial charge in [0.15, 0.2) is 0 Å². The molecule has 0 saturated heterocycles. The van der Waals surface area contributed by atoms with Crippen LogP contribution >= 0.6 is 11.6 Å². The topological polar surface area (TPSA) is 35.2 Å². The van der Waals surface area contributed by atoms with E-state index in [1.807, 2.05) is 38.1 Å². The van der Waals surface area contributed by atoms with Crippen molar-refractivity contribution in [1.82, 2.24) is 0 Å². The van der Waals surface area contributed by atoms with Crippen molar-refractivity contribution in [3.8, 4) is 11.5 Å². The van der Waals surface area contributed by atoms with Crippen LogP contribution in [0.3, 0.4) is 0 Å². The lowest BCUT2D eigenvalue weighted by molar-refractivity contribution is 0.475. The van der Waals surface area contributed by atoms with Crippen LogP contribution in [0.25, 0.3) is 0 Å². The maximum atomic E-state index is 6.00. The molecule has 0 radical (unpaired) electrons. The van der Waals surface area contributed by atoms with Crippen molar-refractivity contribution in [3.63, 3.8) is 0 Å². The van der Waals surface area contributed by atoms with Gasteiger partial charge >= 0.3 is 0 Å². The van der Waals surface area contributed by atoms with E-state index in [0.717, 1.165) is 29.0 Å². The monoisotopic (exact) mass is 275 g/mol. The standard InChI is InChI=1S/C16H18ClNO/c1-11-3-5-14(17)10-16(11)19-15-6-4-13(7-8-18)9-12(15)2/h3-6,9-10H,7-8,18H2,1-2H3. The molecule has 0 spiro atoms. The Morgan fingerprint density at radius 2 is 1.79 bits per heavy atom. The third kappa shape index (κ3) is 3.49. The molecule has 0 aliphatic heterocycles. The number of ether oxygens (including phenoxy) is 1. The Balaban J connectivity index is 2.25. The molecule has 2 nitrogen and oxygen atoms in total. The second-order valence-electron chi connectivity index (χ2n) is 4.65. The van der Waals surface area contributed by atoms with E-state index in [9.17, 15) is 0 Å². The Bertz CT molecular complexity index is 581. The SMILES string of the molecule is Cc1cc(CCN)ccc1Oc1cc(Cl)ccc1C. The molecule has 0 atom stereocenters. The fourth-order valence-corrected chi connectivity index (χ4v) is 2.11. The van der Waals surface area contributed by atoms with Crippen molar-refractivity contribution >= 4 is 11.6 Å². The molecule has 2 N–H and O–H groups in total. The maximum absolute atomic E-state index is 6.00. The van der Waals surface area contributed by atoms with Gasteiger partial charge in [0.05, 0.1) is 0 Å². The minimum atomic E-state index is 0.660. The fraction of sp³-hybridized carbons (Fsp3) is 0.250.